The fourth-order valence-corrected chi connectivity index (χ4v) is 3.42. The van der Waals surface area contributed by atoms with Gasteiger partial charge in [-0.2, -0.15) is 0 Å². The maximum Gasteiger partial charge on any atom is 0.223 e. The molecule has 0 spiro atoms. The van der Waals surface area contributed by atoms with Crippen molar-refractivity contribution in [1.82, 2.24) is 4.90 Å². The van der Waals surface area contributed by atoms with Crippen molar-refractivity contribution >= 4 is 11.6 Å². The van der Waals surface area contributed by atoms with Crippen LogP contribution in [0.15, 0.2) is 24.3 Å². The second kappa shape index (κ2) is 5.36. The number of fused-ring (bicyclic) bond motifs is 1. The van der Waals surface area contributed by atoms with Crippen LogP contribution in [-0.2, 0) is 11.3 Å². The van der Waals surface area contributed by atoms with Crippen molar-refractivity contribution in [2.24, 2.45) is 11.3 Å². The molecule has 2 aliphatic rings. The van der Waals surface area contributed by atoms with Crippen molar-refractivity contribution in [2.45, 2.75) is 39.7 Å². The summed E-state index contributed by atoms with van der Waals surface area (Å²) in [6.07, 6.45) is 3.28. The van der Waals surface area contributed by atoms with Gasteiger partial charge in [-0.3, -0.25) is 4.79 Å². The first kappa shape index (κ1) is 14.4. The van der Waals surface area contributed by atoms with E-state index < -0.39 is 0 Å². The highest BCUT2D eigenvalue weighted by Gasteiger charge is 2.40. The van der Waals surface area contributed by atoms with Crippen molar-refractivity contribution in [3.8, 4) is 0 Å². The van der Waals surface area contributed by atoms with Gasteiger partial charge >= 0.3 is 0 Å². The van der Waals surface area contributed by atoms with E-state index in [2.05, 4.69) is 50.1 Å². The molecule has 1 aromatic rings. The maximum atomic E-state index is 12.7. The van der Waals surface area contributed by atoms with Crippen LogP contribution in [0.2, 0.25) is 0 Å². The van der Waals surface area contributed by atoms with E-state index >= 15 is 0 Å². The molecular weight excluding hydrogens is 260 g/mol. The molecule has 3 heteroatoms. The Morgan fingerprint density at radius 2 is 1.95 bits per heavy atom. The number of carbonyl (C=O) groups is 1. The molecule has 0 bridgehead atoms. The van der Waals surface area contributed by atoms with E-state index in [1.54, 1.807) is 0 Å². The number of likely N-dealkylation sites (N-methyl/N-ethyl adjacent to an activating group) is 1. The first-order chi connectivity index (χ1) is 9.97. The molecule has 0 radical (unpaired) electrons. The standard InChI is InChI=1S/C18H26N2O/c1-18(2,15-8-9-15)12-17(21)20-11-10-19(3)16-7-5-4-6-14(16)13-20/h4-7,15H,8-13H2,1-3H3. The zero-order chi connectivity index (χ0) is 15.0. The number of carbonyl (C=O) groups excluding carboxylic acids is 1. The zero-order valence-corrected chi connectivity index (χ0v) is 13.4. The molecule has 1 fully saturated rings. The first-order valence-electron chi connectivity index (χ1n) is 8.04. The minimum atomic E-state index is 0.162. The lowest BCUT2D eigenvalue weighted by Crippen LogP contribution is -2.37. The van der Waals surface area contributed by atoms with Crippen LogP contribution in [0, 0.1) is 11.3 Å². The van der Waals surface area contributed by atoms with E-state index in [0.717, 1.165) is 25.6 Å². The van der Waals surface area contributed by atoms with Gasteiger partial charge in [0.25, 0.3) is 0 Å². The SMILES string of the molecule is CN1CCN(C(=O)CC(C)(C)C2CC2)Cc2ccccc21. The molecule has 0 N–H and O–H groups in total. The van der Waals surface area contributed by atoms with Gasteiger partial charge in [0.1, 0.15) is 0 Å². The molecule has 1 heterocycles. The third-order valence-electron chi connectivity index (χ3n) is 5.11. The van der Waals surface area contributed by atoms with Gasteiger partial charge in [-0.05, 0) is 35.8 Å². The largest absolute Gasteiger partial charge is 0.373 e. The third-order valence-corrected chi connectivity index (χ3v) is 5.11. The smallest absolute Gasteiger partial charge is 0.223 e. The predicted octanol–water partition coefficient (Wildman–Crippen LogP) is 3.29. The number of nitrogens with zero attached hydrogens (tertiary/aromatic N) is 2. The lowest BCUT2D eigenvalue weighted by Gasteiger charge is -2.28. The van der Waals surface area contributed by atoms with Crippen molar-refractivity contribution < 1.29 is 4.79 Å². The van der Waals surface area contributed by atoms with E-state index in [1.165, 1.54) is 24.1 Å². The summed E-state index contributed by atoms with van der Waals surface area (Å²) < 4.78 is 0. The van der Waals surface area contributed by atoms with Crippen LogP contribution in [0.25, 0.3) is 0 Å². The quantitative estimate of drug-likeness (QED) is 0.851. The van der Waals surface area contributed by atoms with E-state index in [-0.39, 0.29) is 5.41 Å². The molecule has 0 aromatic heterocycles. The fraction of sp³-hybridized carbons (Fsp3) is 0.611. The van der Waals surface area contributed by atoms with Crippen molar-refractivity contribution in [3.63, 3.8) is 0 Å². The molecule has 3 nitrogen and oxygen atoms in total. The summed E-state index contributed by atoms with van der Waals surface area (Å²) in [5, 5.41) is 0. The van der Waals surface area contributed by atoms with Gasteiger partial charge in [0.05, 0.1) is 0 Å². The van der Waals surface area contributed by atoms with Crippen molar-refractivity contribution in [1.29, 1.82) is 0 Å². The molecule has 0 atom stereocenters. The molecule has 0 saturated heterocycles. The number of amides is 1. The molecular formula is C18H26N2O. The molecule has 1 aliphatic carbocycles. The molecule has 3 rings (SSSR count). The van der Waals surface area contributed by atoms with Crippen LogP contribution in [0.1, 0.15) is 38.7 Å². The monoisotopic (exact) mass is 286 g/mol. The Bertz CT molecular complexity index is 534. The Morgan fingerprint density at radius 1 is 1.24 bits per heavy atom. The lowest BCUT2D eigenvalue weighted by atomic mass is 9.83. The Hall–Kier alpha value is -1.51. The minimum absolute atomic E-state index is 0.162. The lowest BCUT2D eigenvalue weighted by molar-refractivity contribution is -0.134. The highest BCUT2D eigenvalue weighted by molar-refractivity contribution is 5.77. The Kier molecular flexibility index (Phi) is 3.68. The summed E-state index contributed by atoms with van der Waals surface area (Å²) in [5.41, 5.74) is 2.68. The molecule has 1 aromatic carbocycles. The second-order valence-corrected chi connectivity index (χ2v) is 7.31. The van der Waals surface area contributed by atoms with Crippen molar-refractivity contribution in [2.75, 3.05) is 25.0 Å². The number of rotatable bonds is 3. The van der Waals surface area contributed by atoms with E-state index in [4.69, 9.17) is 0 Å². The van der Waals surface area contributed by atoms with Gasteiger partial charge in [0.2, 0.25) is 5.91 Å². The van der Waals surface area contributed by atoms with E-state index in [1.807, 2.05) is 4.90 Å². The predicted molar refractivity (Wildman–Crippen MR) is 86.3 cm³/mol. The van der Waals surface area contributed by atoms with Gasteiger partial charge in [0.15, 0.2) is 0 Å². The Balaban J connectivity index is 1.73. The summed E-state index contributed by atoms with van der Waals surface area (Å²) in [6, 6.07) is 8.43. The van der Waals surface area contributed by atoms with Crippen LogP contribution in [0.3, 0.4) is 0 Å². The molecule has 1 amide bonds. The van der Waals surface area contributed by atoms with Crippen molar-refractivity contribution in [3.05, 3.63) is 29.8 Å². The molecule has 1 aliphatic heterocycles. The van der Waals surface area contributed by atoms with E-state index in [9.17, 15) is 4.79 Å². The molecule has 1 saturated carbocycles. The van der Waals surface area contributed by atoms with Gasteiger partial charge in [-0.15, -0.1) is 0 Å². The average molecular weight is 286 g/mol. The summed E-state index contributed by atoms with van der Waals surface area (Å²) in [6.45, 7) is 6.98. The number of hydrogen-bond donors (Lipinski definition) is 0. The first-order valence-corrected chi connectivity index (χ1v) is 8.04. The minimum Gasteiger partial charge on any atom is -0.373 e. The van der Waals surface area contributed by atoms with E-state index in [0.29, 0.717) is 12.3 Å². The number of anilines is 1. The molecule has 21 heavy (non-hydrogen) atoms. The zero-order valence-electron chi connectivity index (χ0n) is 13.4. The van der Waals surface area contributed by atoms with Gasteiger partial charge < -0.3 is 9.80 Å². The second-order valence-electron chi connectivity index (χ2n) is 7.31. The highest BCUT2D eigenvalue weighted by Crippen LogP contribution is 2.47. The van der Waals surface area contributed by atoms with Gasteiger partial charge in [0, 0.05) is 38.8 Å². The van der Waals surface area contributed by atoms with Gasteiger partial charge in [-0.25, -0.2) is 0 Å². The summed E-state index contributed by atoms with van der Waals surface area (Å²) in [5.74, 6) is 1.07. The fourth-order valence-electron chi connectivity index (χ4n) is 3.42. The molecule has 0 unspecified atom stereocenters. The third kappa shape index (κ3) is 3.07. The Morgan fingerprint density at radius 3 is 2.67 bits per heavy atom. The van der Waals surface area contributed by atoms with Crippen LogP contribution in [0.5, 0.6) is 0 Å². The van der Waals surface area contributed by atoms with Crippen LogP contribution >= 0.6 is 0 Å². The summed E-state index contributed by atoms with van der Waals surface area (Å²) in [7, 11) is 2.11. The van der Waals surface area contributed by atoms with Crippen LogP contribution in [-0.4, -0.2) is 30.9 Å². The maximum absolute atomic E-state index is 12.7. The molecule has 114 valence electrons. The normalized spacial score (nSPS) is 19.2. The highest BCUT2D eigenvalue weighted by atomic mass is 16.2. The topological polar surface area (TPSA) is 23.6 Å². The van der Waals surface area contributed by atoms with Crippen LogP contribution < -0.4 is 4.90 Å². The average Bonchev–Trinajstić information content (AvgIpc) is 3.26. The summed E-state index contributed by atoms with van der Waals surface area (Å²) in [4.78, 5) is 17.0. The number of hydrogen-bond acceptors (Lipinski definition) is 2. The Labute approximate surface area is 127 Å². The summed E-state index contributed by atoms with van der Waals surface area (Å²) >= 11 is 0. The van der Waals surface area contributed by atoms with Crippen LogP contribution in [0.4, 0.5) is 5.69 Å². The number of benzene rings is 1. The number of para-hydroxylation sites is 1. The van der Waals surface area contributed by atoms with Gasteiger partial charge in [-0.1, -0.05) is 32.0 Å².